The Balaban J connectivity index is 1.92. The number of aromatic nitrogens is 2. The minimum absolute atomic E-state index is 0.0641. The van der Waals surface area contributed by atoms with Gasteiger partial charge in [0, 0.05) is 19.2 Å². The number of rotatable bonds is 3. The molecular formula is C17H17N3O. The smallest absolute Gasteiger partial charge is 0.251 e. The molecule has 0 bridgehead atoms. The third-order valence-electron chi connectivity index (χ3n) is 3.63. The molecule has 1 amide bonds. The number of aryl methyl sites for hydroxylation is 1. The van der Waals surface area contributed by atoms with Crippen LogP contribution in [-0.2, 0) is 6.54 Å². The lowest BCUT2D eigenvalue weighted by molar-refractivity contribution is 0.0963. The maximum atomic E-state index is 11.5. The highest BCUT2D eigenvalue weighted by Gasteiger charge is 2.08. The summed E-state index contributed by atoms with van der Waals surface area (Å²) in [5.74, 6) is 0.928. The zero-order chi connectivity index (χ0) is 14.8. The molecule has 0 unspecified atom stereocenters. The quantitative estimate of drug-likeness (QED) is 0.801. The number of benzene rings is 2. The molecular weight excluding hydrogens is 262 g/mol. The van der Waals surface area contributed by atoms with Gasteiger partial charge in [-0.1, -0.05) is 24.3 Å². The second kappa shape index (κ2) is 5.40. The van der Waals surface area contributed by atoms with Crippen LogP contribution in [0.5, 0.6) is 0 Å². The van der Waals surface area contributed by atoms with Crippen molar-refractivity contribution in [3.8, 4) is 0 Å². The Morgan fingerprint density at radius 2 is 1.86 bits per heavy atom. The number of hydrogen-bond acceptors (Lipinski definition) is 2. The van der Waals surface area contributed by atoms with Crippen molar-refractivity contribution < 1.29 is 4.79 Å². The van der Waals surface area contributed by atoms with E-state index in [9.17, 15) is 4.79 Å². The Hall–Kier alpha value is -2.62. The fourth-order valence-corrected chi connectivity index (χ4v) is 2.48. The van der Waals surface area contributed by atoms with Gasteiger partial charge in [-0.25, -0.2) is 4.98 Å². The van der Waals surface area contributed by atoms with Crippen LogP contribution in [0.25, 0.3) is 11.0 Å². The molecule has 3 aromatic rings. The van der Waals surface area contributed by atoms with E-state index in [4.69, 9.17) is 0 Å². The Morgan fingerprint density at radius 1 is 1.14 bits per heavy atom. The summed E-state index contributed by atoms with van der Waals surface area (Å²) in [6, 6.07) is 15.8. The maximum absolute atomic E-state index is 11.5. The Morgan fingerprint density at radius 3 is 2.57 bits per heavy atom. The van der Waals surface area contributed by atoms with E-state index in [1.807, 2.05) is 49.4 Å². The minimum Gasteiger partial charge on any atom is -0.355 e. The van der Waals surface area contributed by atoms with Crippen LogP contribution in [-0.4, -0.2) is 22.5 Å². The molecule has 4 heteroatoms. The van der Waals surface area contributed by atoms with Crippen LogP contribution in [0.15, 0.2) is 48.5 Å². The predicted molar refractivity (Wildman–Crippen MR) is 83.4 cm³/mol. The maximum Gasteiger partial charge on any atom is 0.251 e. The number of para-hydroxylation sites is 2. The zero-order valence-corrected chi connectivity index (χ0v) is 12.1. The van der Waals surface area contributed by atoms with Gasteiger partial charge >= 0.3 is 0 Å². The first-order chi connectivity index (χ1) is 10.2. The number of imidazole rings is 1. The van der Waals surface area contributed by atoms with Crippen LogP contribution in [0, 0.1) is 6.92 Å². The van der Waals surface area contributed by atoms with E-state index in [0.717, 1.165) is 29.0 Å². The normalized spacial score (nSPS) is 10.8. The first kappa shape index (κ1) is 13.4. The van der Waals surface area contributed by atoms with E-state index < -0.39 is 0 Å². The highest BCUT2D eigenvalue weighted by Crippen LogP contribution is 2.17. The number of carbonyl (C=O) groups is 1. The third kappa shape index (κ3) is 2.52. The number of hydrogen-bond donors (Lipinski definition) is 1. The molecule has 1 heterocycles. The molecule has 0 saturated carbocycles. The molecule has 0 radical (unpaired) electrons. The van der Waals surface area contributed by atoms with Gasteiger partial charge in [0.15, 0.2) is 0 Å². The molecule has 0 aliphatic rings. The Labute approximate surface area is 123 Å². The van der Waals surface area contributed by atoms with Crippen molar-refractivity contribution in [1.29, 1.82) is 0 Å². The van der Waals surface area contributed by atoms with E-state index in [-0.39, 0.29) is 5.91 Å². The molecule has 1 N–H and O–H groups in total. The first-order valence-electron chi connectivity index (χ1n) is 6.92. The van der Waals surface area contributed by atoms with Gasteiger partial charge < -0.3 is 9.88 Å². The molecule has 106 valence electrons. The van der Waals surface area contributed by atoms with Gasteiger partial charge in [0.2, 0.25) is 0 Å². The monoisotopic (exact) mass is 279 g/mol. The van der Waals surface area contributed by atoms with Crippen LogP contribution in [0.4, 0.5) is 0 Å². The average molecular weight is 279 g/mol. The number of nitrogens with zero attached hydrogens (tertiary/aromatic N) is 2. The van der Waals surface area contributed by atoms with Gasteiger partial charge in [-0.05, 0) is 36.8 Å². The lowest BCUT2D eigenvalue weighted by Crippen LogP contribution is -2.17. The van der Waals surface area contributed by atoms with E-state index in [0.29, 0.717) is 5.56 Å². The highest BCUT2D eigenvalue weighted by molar-refractivity contribution is 5.93. The molecule has 0 aliphatic carbocycles. The molecule has 0 spiro atoms. The number of carbonyl (C=O) groups excluding carboxylic acids is 1. The van der Waals surface area contributed by atoms with Crippen molar-refractivity contribution >= 4 is 16.9 Å². The highest BCUT2D eigenvalue weighted by atomic mass is 16.1. The molecule has 1 aromatic heterocycles. The first-order valence-corrected chi connectivity index (χ1v) is 6.92. The van der Waals surface area contributed by atoms with Gasteiger partial charge in [0.1, 0.15) is 5.82 Å². The van der Waals surface area contributed by atoms with Crippen molar-refractivity contribution in [2.45, 2.75) is 13.5 Å². The molecule has 0 aliphatic heterocycles. The largest absolute Gasteiger partial charge is 0.355 e. The minimum atomic E-state index is -0.0641. The van der Waals surface area contributed by atoms with Crippen LogP contribution in [0.1, 0.15) is 21.7 Å². The van der Waals surface area contributed by atoms with Crippen LogP contribution < -0.4 is 5.32 Å². The Bertz CT molecular complexity index is 787. The number of amides is 1. The predicted octanol–water partition coefficient (Wildman–Crippen LogP) is 2.75. The van der Waals surface area contributed by atoms with Crippen molar-refractivity contribution in [3.05, 3.63) is 65.5 Å². The summed E-state index contributed by atoms with van der Waals surface area (Å²) in [6.07, 6.45) is 0. The topological polar surface area (TPSA) is 46.9 Å². The summed E-state index contributed by atoms with van der Waals surface area (Å²) in [6.45, 7) is 2.76. The summed E-state index contributed by atoms with van der Waals surface area (Å²) >= 11 is 0. The summed E-state index contributed by atoms with van der Waals surface area (Å²) < 4.78 is 2.18. The van der Waals surface area contributed by atoms with E-state index >= 15 is 0 Å². The SMILES string of the molecule is CNC(=O)c1ccc(Cn2c(C)nc3ccccc32)cc1. The molecule has 2 aromatic carbocycles. The second-order valence-corrected chi connectivity index (χ2v) is 5.01. The summed E-state index contributed by atoms with van der Waals surface area (Å²) in [5, 5.41) is 2.63. The molecule has 21 heavy (non-hydrogen) atoms. The zero-order valence-electron chi connectivity index (χ0n) is 12.1. The van der Waals surface area contributed by atoms with Crippen molar-refractivity contribution in [3.63, 3.8) is 0 Å². The van der Waals surface area contributed by atoms with Gasteiger partial charge in [0.25, 0.3) is 5.91 Å². The average Bonchev–Trinajstić information content (AvgIpc) is 2.83. The summed E-state index contributed by atoms with van der Waals surface area (Å²) in [5.41, 5.74) is 3.96. The molecule has 4 nitrogen and oxygen atoms in total. The van der Waals surface area contributed by atoms with Gasteiger partial charge in [-0.3, -0.25) is 4.79 Å². The standard InChI is InChI=1S/C17H17N3O/c1-12-19-15-5-3-4-6-16(15)20(12)11-13-7-9-14(10-8-13)17(21)18-2/h3-10H,11H2,1-2H3,(H,18,21). The molecule has 0 saturated heterocycles. The molecule has 0 atom stereocenters. The van der Waals surface area contributed by atoms with Crippen LogP contribution >= 0.6 is 0 Å². The van der Waals surface area contributed by atoms with Crippen molar-refractivity contribution in [2.24, 2.45) is 0 Å². The second-order valence-electron chi connectivity index (χ2n) is 5.01. The van der Waals surface area contributed by atoms with Gasteiger partial charge in [-0.2, -0.15) is 0 Å². The van der Waals surface area contributed by atoms with E-state index in [1.165, 1.54) is 0 Å². The fourth-order valence-electron chi connectivity index (χ4n) is 2.48. The van der Waals surface area contributed by atoms with E-state index in [1.54, 1.807) is 7.05 Å². The van der Waals surface area contributed by atoms with Gasteiger partial charge in [0.05, 0.1) is 11.0 Å². The molecule has 0 fully saturated rings. The summed E-state index contributed by atoms with van der Waals surface area (Å²) in [4.78, 5) is 16.1. The lowest BCUT2D eigenvalue weighted by atomic mass is 10.1. The van der Waals surface area contributed by atoms with Gasteiger partial charge in [-0.15, -0.1) is 0 Å². The molecule has 3 rings (SSSR count). The van der Waals surface area contributed by atoms with Crippen molar-refractivity contribution in [1.82, 2.24) is 14.9 Å². The van der Waals surface area contributed by atoms with Crippen molar-refractivity contribution in [2.75, 3.05) is 7.05 Å². The number of fused-ring (bicyclic) bond motifs is 1. The lowest BCUT2D eigenvalue weighted by Gasteiger charge is -2.08. The number of nitrogens with one attached hydrogen (secondary N) is 1. The summed E-state index contributed by atoms with van der Waals surface area (Å²) in [7, 11) is 1.64. The van der Waals surface area contributed by atoms with E-state index in [2.05, 4.69) is 20.9 Å². The fraction of sp³-hybridized carbons (Fsp3) is 0.176. The third-order valence-corrected chi connectivity index (χ3v) is 3.63. The van der Waals surface area contributed by atoms with Crippen LogP contribution in [0.2, 0.25) is 0 Å². The Kier molecular flexibility index (Phi) is 3.44. The van der Waals surface area contributed by atoms with Crippen LogP contribution in [0.3, 0.4) is 0 Å².